The lowest BCUT2D eigenvalue weighted by Crippen LogP contribution is -2.50. The Morgan fingerprint density at radius 3 is 2.26 bits per heavy atom. The van der Waals surface area contributed by atoms with Gasteiger partial charge in [0.25, 0.3) is 0 Å². The van der Waals surface area contributed by atoms with Gasteiger partial charge in [0.1, 0.15) is 0 Å². The number of nitrogens with zero attached hydrogens (tertiary/aromatic N) is 1. The molecule has 19 heavy (non-hydrogen) atoms. The highest BCUT2D eigenvalue weighted by atomic mass is 16.2. The van der Waals surface area contributed by atoms with E-state index in [9.17, 15) is 4.79 Å². The molecule has 2 N–H and O–H groups in total. The van der Waals surface area contributed by atoms with Gasteiger partial charge in [0.05, 0.1) is 6.04 Å². The lowest BCUT2D eigenvalue weighted by Gasteiger charge is -2.25. The molecule has 2 unspecified atom stereocenters. The summed E-state index contributed by atoms with van der Waals surface area (Å²) >= 11 is 0. The standard InChI is InChI=1S/C15H31N3O/c1-5-14(6-2)17-15(19)13(4)16-12(3)11-18-9-7-8-10-18/h12-14,16H,5-11H2,1-4H3,(H,17,19). The number of likely N-dealkylation sites (tertiary alicyclic amines) is 1. The van der Waals surface area contributed by atoms with E-state index in [1.54, 1.807) is 0 Å². The summed E-state index contributed by atoms with van der Waals surface area (Å²) in [4.78, 5) is 14.5. The second kappa shape index (κ2) is 8.54. The number of nitrogens with one attached hydrogen (secondary N) is 2. The Kier molecular flexibility index (Phi) is 7.39. The second-order valence-corrected chi connectivity index (χ2v) is 5.82. The molecular weight excluding hydrogens is 238 g/mol. The second-order valence-electron chi connectivity index (χ2n) is 5.82. The van der Waals surface area contributed by atoms with E-state index in [2.05, 4.69) is 36.3 Å². The largest absolute Gasteiger partial charge is 0.352 e. The van der Waals surface area contributed by atoms with Crippen molar-refractivity contribution in [3.05, 3.63) is 0 Å². The van der Waals surface area contributed by atoms with Crippen molar-refractivity contribution in [1.29, 1.82) is 0 Å². The normalized spacial score (nSPS) is 19.6. The summed E-state index contributed by atoms with van der Waals surface area (Å²) in [5, 5.41) is 6.51. The molecule has 0 aromatic heterocycles. The molecule has 1 aliphatic heterocycles. The quantitative estimate of drug-likeness (QED) is 0.705. The molecule has 1 saturated heterocycles. The van der Waals surface area contributed by atoms with E-state index in [0.717, 1.165) is 19.4 Å². The predicted molar refractivity (Wildman–Crippen MR) is 80.2 cm³/mol. The monoisotopic (exact) mass is 269 g/mol. The molecule has 0 saturated carbocycles. The van der Waals surface area contributed by atoms with Gasteiger partial charge >= 0.3 is 0 Å². The van der Waals surface area contributed by atoms with Crippen LogP contribution in [-0.2, 0) is 4.79 Å². The van der Waals surface area contributed by atoms with Crippen molar-refractivity contribution in [2.75, 3.05) is 19.6 Å². The lowest BCUT2D eigenvalue weighted by atomic mass is 10.1. The van der Waals surface area contributed by atoms with Crippen molar-refractivity contribution in [1.82, 2.24) is 15.5 Å². The fourth-order valence-corrected chi connectivity index (χ4v) is 2.73. The van der Waals surface area contributed by atoms with Gasteiger partial charge in [0.2, 0.25) is 5.91 Å². The molecule has 112 valence electrons. The Morgan fingerprint density at radius 2 is 1.74 bits per heavy atom. The third-order valence-corrected chi connectivity index (χ3v) is 3.99. The van der Waals surface area contributed by atoms with Gasteiger partial charge in [-0.15, -0.1) is 0 Å². The van der Waals surface area contributed by atoms with E-state index in [4.69, 9.17) is 0 Å². The highest BCUT2D eigenvalue weighted by Gasteiger charge is 2.20. The topological polar surface area (TPSA) is 44.4 Å². The molecule has 0 aliphatic carbocycles. The summed E-state index contributed by atoms with van der Waals surface area (Å²) in [5.41, 5.74) is 0. The van der Waals surface area contributed by atoms with E-state index in [1.165, 1.54) is 25.9 Å². The SMILES string of the molecule is CCC(CC)NC(=O)C(C)NC(C)CN1CCCC1. The van der Waals surface area contributed by atoms with Crippen LogP contribution in [0.15, 0.2) is 0 Å². The van der Waals surface area contributed by atoms with E-state index < -0.39 is 0 Å². The van der Waals surface area contributed by atoms with Crippen LogP contribution in [-0.4, -0.2) is 48.6 Å². The first-order valence-electron chi connectivity index (χ1n) is 7.85. The van der Waals surface area contributed by atoms with Crippen LogP contribution in [0.2, 0.25) is 0 Å². The predicted octanol–water partition coefficient (Wildman–Crippen LogP) is 1.75. The van der Waals surface area contributed by atoms with Crippen LogP contribution < -0.4 is 10.6 Å². The number of hydrogen-bond donors (Lipinski definition) is 2. The molecule has 4 heteroatoms. The van der Waals surface area contributed by atoms with Crippen LogP contribution in [0.4, 0.5) is 0 Å². The average Bonchev–Trinajstić information content (AvgIpc) is 2.87. The maximum absolute atomic E-state index is 12.1. The molecule has 1 fully saturated rings. The maximum atomic E-state index is 12.1. The van der Waals surface area contributed by atoms with Crippen molar-refractivity contribution in [3.63, 3.8) is 0 Å². The fraction of sp³-hybridized carbons (Fsp3) is 0.933. The van der Waals surface area contributed by atoms with E-state index in [-0.39, 0.29) is 11.9 Å². The molecule has 4 nitrogen and oxygen atoms in total. The Balaban J connectivity index is 2.27. The van der Waals surface area contributed by atoms with Crippen LogP contribution >= 0.6 is 0 Å². The average molecular weight is 269 g/mol. The van der Waals surface area contributed by atoms with E-state index >= 15 is 0 Å². The smallest absolute Gasteiger partial charge is 0.237 e. The van der Waals surface area contributed by atoms with Crippen LogP contribution in [0, 0.1) is 0 Å². The minimum Gasteiger partial charge on any atom is -0.352 e. The fourth-order valence-electron chi connectivity index (χ4n) is 2.73. The van der Waals surface area contributed by atoms with Gasteiger partial charge in [-0.1, -0.05) is 13.8 Å². The van der Waals surface area contributed by atoms with Crippen molar-refractivity contribution < 1.29 is 4.79 Å². The van der Waals surface area contributed by atoms with E-state index in [0.29, 0.717) is 12.1 Å². The Bertz CT molecular complexity index is 260. The highest BCUT2D eigenvalue weighted by molar-refractivity contribution is 5.81. The minimum atomic E-state index is -0.113. The number of amides is 1. The minimum absolute atomic E-state index is 0.113. The molecule has 0 spiro atoms. The van der Waals surface area contributed by atoms with E-state index in [1.807, 2.05) is 6.92 Å². The molecule has 0 bridgehead atoms. The Hall–Kier alpha value is -0.610. The van der Waals surface area contributed by atoms with Crippen LogP contribution in [0.25, 0.3) is 0 Å². The van der Waals surface area contributed by atoms with Crippen LogP contribution in [0.3, 0.4) is 0 Å². The third-order valence-electron chi connectivity index (χ3n) is 3.99. The van der Waals surface area contributed by atoms with Gasteiger partial charge < -0.3 is 15.5 Å². The summed E-state index contributed by atoms with van der Waals surface area (Å²) in [7, 11) is 0. The summed E-state index contributed by atoms with van der Waals surface area (Å²) in [6.45, 7) is 11.8. The Labute approximate surface area is 118 Å². The van der Waals surface area contributed by atoms with Gasteiger partial charge in [-0.2, -0.15) is 0 Å². The van der Waals surface area contributed by atoms with Crippen molar-refractivity contribution in [2.45, 2.75) is 71.5 Å². The maximum Gasteiger partial charge on any atom is 0.237 e. The molecule has 1 rings (SSSR count). The van der Waals surface area contributed by atoms with Crippen LogP contribution in [0.5, 0.6) is 0 Å². The first-order valence-corrected chi connectivity index (χ1v) is 7.85. The molecule has 0 aromatic rings. The first kappa shape index (κ1) is 16.4. The number of rotatable bonds is 8. The van der Waals surface area contributed by atoms with Gasteiger partial charge in [-0.3, -0.25) is 4.79 Å². The lowest BCUT2D eigenvalue weighted by molar-refractivity contribution is -0.123. The molecule has 1 heterocycles. The molecule has 2 atom stereocenters. The molecule has 1 amide bonds. The van der Waals surface area contributed by atoms with Gasteiger partial charge in [0.15, 0.2) is 0 Å². The Morgan fingerprint density at radius 1 is 1.16 bits per heavy atom. The number of carbonyl (C=O) groups is 1. The zero-order valence-corrected chi connectivity index (χ0v) is 13.0. The summed E-state index contributed by atoms with van der Waals surface area (Å²) in [6, 6.07) is 0.560. The zero-order chi connectivity index (χ0) is 14.3. The van der Waals surface area contributed by atoms with Gasteiger partial charge in [-0.05, 0) is 52.6 Å². The van der Waals surface area contributed by atoms with Crippen LogP contribution in [0.1, 0.15) is 53.4 Å². The zero-order valence-electron chi connectivity index (χ0n) is 13.0. The van der Waals surface area contributed by atoms with Gasteiger partial charge in [0, 0.05) is 18.6 Å². The molecule has 1 aliphatic rings. The number of hydrogen-bond acceptors (Lipinski definition) is 3. The van der Waals surface area contributed by atoms with Crippen molar-refractivity contribution >= 4 is 5.91 Å². The van der Waals surface area contributed by atoms with Crippen molar-refractivity contribution in [2.24, 2.45) is 0 Å². The molecule has 0 aromatic carbocycles. The highest BCUT2D eigenvalue weighted by Crippen LogP contribution is 2.07. The van der Waals surface area contributed by atoms with Gasteiger partial charge in [-0.25, -0.2) is 0 Å². The summed E-state index contributed by atoms with van der Waals surface area (Å²) in [5.74, 6) is 0.127. The third kappa shape index (κ3) is 5.91. The molecule has 0 radical (unpaired) electrons. The number of carbonyl (C=O) groups excluding carboxylic acids is 1. The summed E-state index contributed by atoms with van der Waals surface area (Å²) < 4.78 is 0. The van der Waals surface area contributed by atoms with Crippen molar-refractivity contribution in [3.8, 4) is 0 Å². The molecular formula is C15H31N3O. The summed E-state index contributed by atoms with van der Waals surface area (Å²) in [6.07, 6.45) is 4.63. The first-order chi connectivity index (χ1) is 9.06.